The molecule has 0 aliphatic carbocycles. The van der Waals surface area contributed by atoms with E-state index in [1.54, 1.807) is 17.1 Å². The second-order valence-corrected chi connectivity index (χ2v) is 4.12. The lowest BCUT2D eigenvalue weighted by molar-refractivity contribution is 0.0697. The van der Waals surface area contributed by atoms with Crippen LogP contribution in [0.4, 0.5) is 11.4 Å². The van der Waals surface area contributed by atoms with Crippen molar-refractivity contribution in [1.82, 2.24) is 14.8 Å². The van der Waals surface area contributed by atoms with Crippen molar-refractivity contribution in [1.29, 1.82) is 0 Å². The summed E-state index contributed by atoms with van der Waals surface area (Å²) >= 11 is 0. The van der Waals surface area contributed by atoms with Gasteiger partial charge in [0.05, 0.1) is 16.9 Å². The zero-order valence-electron chi connectivity index (χ0n) is 10.5. The fourth-order valence-corrected chi connectivity index (χ4v) is 1.66. The summed E-state index contributed by atoms with van der Waals surface area (Å²) in [5, 5.41) is 16.1. The summed E-state index contributed by atoms with van der Waals surface area (Å²) in [6.07, 6.45) is 2.31. The monoisotopic (exact) mass is 261 g/mol. The molecule has 0 atom stereocenters. The van der Waals surface area contributed by atoms with Gasteiger partial charge in [0.25, 0.3) is 0 Å². The maximum Gasteiger partial charge on any atom is 0.335 e. The number of carboxylic acid groups (broad SMARTS) is 1. The van der Waals surface area contributed by atoms with E-state index < -0.39 is 5.97 Å². The largest absolute Gasteiger partial charge is 0.478 e. The Labute approximate surface area is 110 Å². The van der Waals surface area contributed by atoms with Crippen LogP contribution in [-0.2, 0) is 13.5 Å². The molecule has 100 valence electrons. The topological polar surface area (TPSA) is 106 Å². The van der Waals surface area contributed by atoms with Crippen LogP contribution in [0.5, 0.6) is 0 Å². The quantitative estimate of drug-likeness (QED) is 0.686. The molecule has 19 heavy (non-hydrogen) atoms. The van der Waals surface area contributed by atoms with Crippen molar-refractivity contribution in [3.63, 3.8) is 0 Å². The number of anilines is 2. The van der Waals surface area contributed by atoms with E-state index in [2.05, 4.69) is 15.4 Å². The van der Waals surface area contributed by atoms with Gasteiger partial charge in [-0.2, -0.15) is 5.10 Å². The molecular weight excluding hydrogens is 246 g/mol. The van der Waals surface area contributed by atoms with E-state index in [4.69, 9.17) is 10.8 Å². The zero-order chi connectivity index (χ0) is 13.8. The van der Waals surface area contributed by atoms with Gasteiger partial charge >= 0.3 is 5.97 Å². The van der Waals surface area contributed by atoms with Crippen LogP contribution >= 0.6 is 0 Å². The van der Waals surface area contributed by atoms with Crippen molar-refractivity contribution in [3.05, 3.63) is 35.9 Å². The SMILES string of the molecule is Cn1cnc(CCNc2ccc(C(=O)O)cc2N)n1. The van der Waals surface area contributed by atoms with Gasteiger partial charge in [0.2, 0.25) is 0 Å². The summed E-state index contributed by atoms with van der Waals surface area (Å²) in [5.74, 6) is -0.244. The number of nitrogen functional groups attached to an aromatic ring is 1. The van der Waals surface area contributed by atoms with Crippen LogP contribution in [-0.4, -0.2) is 32.4 Å². The van der Waals surface area contributed by atoms with Gasteiger partial charge < -0.3 is 16.2 Å². The Morgan fingerprint density at radius 2 is 2.32 bits per heavy atom. The number of nitrogens with two attached hydrogens (primary N) is 1. The van der Waals surface area contributed by atoms with Gasteiger partial charge in [0.1, 0.15) is 6.33 Å². The van der Waals surface area contributed by atoms with E-state index in [1.165, 1.54) is 12.1 Å². The Balaban J connectivity index is 1.94. The van der Waals surface area contributed by atoms with Gasteiger partial charge in [0.15, 0.2) is 5.82 Å². The molecule has 0 spiro atoms. The molecule has 0 bridgehead atoms. The van der Waals surface area contributed by atoms with Gasteiger partial charge in [-0.25, -0.2) is 9.78 Å². The minimum atomic E-state index is -0.990. The van der Waals surface area contributed by atoms with Crippen LogP contribution in [0.1, 0.15) is 16.2 Å². The number of nitrogens with zero attached hydrogens (tertiary/aromatic N) is 3. The highest BCUT2D eigenvalue weighted by molar-refractivity contribution is 5.90. The molecule has 0 aliphatic heterocycles. The van der Waals surface area contributed by atoms with Gasteiger partial charge in [-0.05, 0) is 18.2 Å². The molecule has 2 rings (SSSR count). The first-order valence-electron chi connectivity index (χ1n) is 5.77. The zero-order valence-corrected chi connectivity index (χ0v) is 10.5. The number of rotatable bonds is 5. The summed E-state index contributed by atoms with van der Waals surface area (Å²) < 4.78 is 1.64. The highest BCUT2D eigenvalue weighted by atomic mass is 16.4. The normalized spacial score (nSPS) is 10.4. The molecule has 1 aromatic carbocycles. The summed E-state index contributed by atoms with van der Waals surface area (Å²) in [6.45, 7) is 0.626. The summed E-state index contributed by atoms with van der Waals surface area (Å²) in [5.41, 5.74) is 7.08. The molecule has 0 aliphatic rings. The number of aromatic nitrogens is 3. The number of aryl methyl sites for hydroxylation is 1. The predicted molar refractivity (Wildman–Crippen MR) is 71.0 cm³/mol. The van der Waals surface area contributed by atoms with E-state index in [-0.39, 0.29) is 5.56 Å². The molecule has 4 N–H and O–H groups in total. The Morgan fingerprint density at radius 1 is 1.53 bits per heavy atom. The van der Waals surface area contributed by atoms with Crippen molar-refractivity contribution >= 4 is 17.3 Å². The lowest BCUT2D eigenvalue weighted by atomic mass is 10.1. The third-order valence-corrected chi connectivity index (χ3v) is 2.61. The number of nitrogens with one attached hydrogen (secondary N) is 1. The van der Waals surface area contributed by atoms with E-state index >= 15 is 0 Å². The molecule has 0 radical (unpaired) electrons. The summed E-state index contributed by atoms with van der Waals surface area (Å²) in [4.78, 5) is 14.9. The lowest BCUT2D eigenvalue weighted by Gasteiger charge is -2.08. The number of hydrogen-bond acceptors (Lipinski definition) is 5. The van der Waals surface area contributed by atoms with Gasteiger partial charge in [-0.15, -0.1) is 0 Å². The average Bonchev–Trinajstić information content (AvgIpc) is 2.77. The van der Waals surface area contributed by atoms with E-state index in [1.807, 2.05) is 7.05 Å². The maximum absolute atomic E-state index is 10.8. The molecule has 2 aromatic rings. The van der Waals surface area contributed by atoms with Crippen molar-refractivity contribution in [2.75, 3.05) is 17.6 Å². The first-order chi connectivity index (χ1) is 9.06. The van der Waals surface area contributed by atoms with Crippen molar-refractivity contribution in [2.24, 2.45) is 7.05 Å². The third-order valence-electron chi connectivity index (χ3n) is 2.61. The maximum atomic E-state index is 10.8. The van der Waals surface area contributed by atoms with Crippen LogP contribution in [0.25, 0.3) is 0 Å². The molecule has 0 saturated carbocycles. The molecule has 7 nitrogen and oxygen atoms in total. The Morgan fingerprint density at radius 3 is 2.89 bits per heavy atom. The third kappa shape index (κ3) is 3.21. The van der Waals surface area contributed by atoms with E-state index in [0.717, 1.165) is 5.82 Å². The standard InChI is InChI=1S/C12H15N5O2/c1-17-7-15-11(16-17)4-5-14-10-3-2-8(12(18)19)6-9(10)13/h2-3,6-7,14H,4-5,13H2,1H3,(H,18,19). The van der Waals surface area contributed by atoms with Crippen LogP contribution in [0.3, 0.4) is 0 Å². The first-order valence-corrected chi connectivity index (χ1v) is 5.77. The number of carbonyl (C=O) groups is 1. The van der Waals surface area contributed by atoms with Crippen molar-refractivity contribution in [3.8, 4) is 0 Å². The van der Waals surface area contributed by atoms with Crippen LogP contribution in [0.15, 0.2) is 24.5 Å². The first kappa shape index (κ1) is 12.9. The molecule has 0 amide bonds. The average molecular weight is 261 g/mol. The molecule has 0 saturated heterocycles. The minimum Gasteiger partial charge on any atom is -0.478 e. The minimum absolute atomic E-state index is 0.175. The van der Waals surface area contributed by atoms with Gasteiger partial charge in [-0.1, -0.05) is 0 Å². The van der Waals surface area contributed by atoms with E-state index in [0.29, 0.717) is 24.3 Å². The van der Waals surface area contributed by atoms with E-state index in [9.17, 15) is 4.79 Å². The smallest absolute Gasteiger partial charge is 0.335 e. The highest BCUT2D eigenvalue weighted by Crippen LogP contribution is 2.19. The Hall–Kier alpha value is -2.57. The fraction of sp³-hybridized carbons (Fsp3) is 0.250. The van der Waals surface area contributed by atoms with Crippen LogP contribution in [0, 0.1) is 0 Å². The van der Waals surface area contributed by atoms with Gasteiger partial charge in [0, 0.05) is 20.0 Å². The summed E-state index contributed by atoms with van der Waals surface area (Å²) in [6, 6.07) is 4.61. The molecule has 1 heterocycles. The lowest BCUT2D eigenvalue weighted by Crippen LogP contribution is -2.09. The molecular formula is C12H15N5O2. The Kier molecular flexibility index (Phi) is 3.65. The van der Waals surface area contributed by atoms with Crippen molar-refractivity contribution in [2.45, 2.75) is 6.42 Å². The number of carboxylic acids is 1. The molecule has 1 aromatic heterocycles. The highest BCUT2D eigenvalue weighted by Gasteiger charge is 2.06. The second-order valence-electron chi connectivity index (χ2n) is 4.12. The summed E-state index contributed by atoms with van der Waals surface area (Å²) in [7, 11) is 1.81. The number of benzene rings is 1. The second kappa shape index (κ2) is 5.38. The Bertz CT molecular complexity index is 594. The van der Waals surface area contributed by atoms with Gasteiger partial charge in [-0.3, -0.25) is 4.68 Å². The fourth-order valence-electron chi connectivity index (χ4n) is 1.66. The molecule has 7 heteroatoms. The van der Waals surface area contributed by atoms with Crippen LogP contribution in [0.2, 0.25) is 0 Å². The number of hydrogen-bond donors (Lipinski definition) is 3. The molecule has 0 fully saturated rings. The predicted octanol–water partition coefficient (Wildman–Crippen LogP) is 0.750. The number of aromatic carboxylic acids is 1. The van der Waals surface area contributed by atoms with Crippen LogP contribution < -0.4 is 11.1 Å². The molecule has 0 unspecified atom stereocenters. The van der Waals surface area contributed by atoms with Crippen molar-refractivity contribution < 1.29 is 9.90 Å².